The van der Waals surface area contributed by atoms with Crippen LogP contribution in [-0.4, -0.2) is 0 Å². The molecule has 0 saturated heterocycles. The van der Waals surface area contributed by atoms with Crippen LogP contribution in [0.4, 0.5) is 0 Å². The first kappa shape index (κ1) is 19.4. The fourth-order valence-electron chi connectivity index (χ4n) is 2.57. The van der Waals surface area contributed by atoms with Gasteiger partial charge in [0.1, 0.15) is 12.4 Å². The molecule has 0 amide bonds. The highest BCUT2D eigenvalue weighted by molar-refractivity contribution is 9.10. The van der Waals surface area contributed by atoms with Gasteiger partial charge in [-0.25, -0.2) is 0 Å². The Balaban J connectivity index is 1.89. The van der Waals surface area contributed by atoms with Crippen molar-refractivity contribution in [3.63, 3.8) is 0 Å². The van der Waals surface area contributed by atoms with Crippen LogP contribution in [-0.2, 0) is 6.61 Å². The second-order valence-corrected chi connectivity index (χ2v) is 7.96. The van der Waals surface area contributed by atoms with Crippen LogP contribution in [0.25, 0.3) is 11.6 Å². The predicted molar refractivity (Wildman–Crippen MR) is 117 cm³/mol. The zero-order valence-electron chi connectivity index (χ0n) is 14.7. The van der Waals surface area contributed by atoms with E-state index in [4.69, 9.17) is 4.74 Å². The van der Waals surface area contributed by atoms with Crippen LogP contribution in [0.5, 0.6) is 5.75 Å². The summed E-state index contributed by atoms with van der Waals surface area (Å²) in [5.41, 5.74) is 4.59. The molecule has 3 rings (SSSR count). The number of nitriles is 1. The topological polar surface area (TPSA) is 33.0 Å². The van der Waals surface area contributed by atoms with Crippen molar-refractivity contribution in [1.29, 1.82) is 5.26 Å². The molecule has 2 nitrogen and oxygen atoms in total. The molecule has 0 N–H and O–H groups in total. The van der Waals surface area contributed by atoms with Crippen LogP contribution >= 0.6 is 31.9 Å². The molecule has 0 radical (unpaired) electrons. The summed E-state index contributed by atoms with van der Waals surface area (Å²) in [5.74, 6) is 0.737. The van der Waals surface area contributed by atoms with Crippen molar-refractivity contribution < 1.29 is 4.74 Å². The molecule has 0 saturated carbocycles. The molecule has 0 aliphatic carbocycles. The first-order valence-electron chi connectivity index (χ1n) is 8.41. The molecule has 0 atom stereocenters. The highest BCUT2D eigenvalue weighted by Crippen LogP contribution is 2.28. The molecule has 3 aromatic carbocycles. The molecule has 134 valence electrons. The Kier molecular flexibility index (Phi) is 6.49. The third kappa shape index (κ3) is 5.32. The van der Waals surface area contributed by atoms with Gasteiger partial charge in [0, 0.05) is 14.5 Å². The summed E-state index contributed by atoms with van der Waals surface area (Å²) in [6.45, 7) is 2.49. The molecule has 0 spiro atoms. The maximum atomic E-state index is 9.63. The van der Waals surface area contributed by atoms with Crippen LogP contribution in [0.3, 0.4) is 0 Å². The first-order chi connectivity index (χ1) is 13.0. The molecule has 0 aliphatic heterocycles. The average molecular weight is 483 g/mol. The van der Waals surface area contributed by atoms with Crippen molar-refractivity contribution in [2.75, 3.05) is 0 Å². The minimum atomic E-state index is 0.460. The van der Waals surface area contributed by atoms with E-state index in [1.165, 1.54) is 0 Å². The van der Waals surface area contributed by atoms with Gasteiger partial charge in [0.15, 0.2) is 0 Å². The van der Waals surface area contributed by atoms with Crippen LogP contribution in [0.1, 0.15) is 22.3 Å². The van der Waals surface area contributed by atoms with Crippen molar-refractivity contribution in [1.82, 2.24) is 0 Å². The minimum Gasteiger partial charge on any atom is -0.488 e. The molecular formula is C23H17Br2NO. The Morgan fingerprint density at radius 2 is 1.63 bits per heavy atom. The van der Waals surface area contributed by atoms with E-state index in [2.05, 4.69) is 37.9 Å². The third-order valence-corrected chi connectivity index (χ3v) is 5.08. The Morgan fingerprint density at radius 3 is 2.30 bits per heavy atom. The van der Waals surface area contributed by atoms with Crippen molar-refractivity contribution >= 4 is 43.5 Å². The van der Waals surface area contributed by atoms with Gasteiger partial charge in [-0.2, -0.15) is 5.26 Å². The van der Waals surface area contributed by atoms with E-state index in [1.54, 1.807) is 0 Å². The lowest BCUT2D eigenvalue weighted by Crippen LogP contribution is -1.97. The fourth-order valence-corrected chi connectivity index (χ4v) is 3.22. The lowest BCUT2D eigenvalue weighted by Gasteiger charge is -2.11. The second kappa shape index (κ2) is 9.03. The SMILES string of the molecule is Cc1ccc(/C(C#N)=C/c2cc(Br)ccc2OCc2ccc(Br)cc2)cc1. The highest BCUT2D eigenvalue weighted by Gasteiger charge is 2.07. The van der Waals surface area contributed by atoms with Gasteiger partial charge in [-0.1, -0.05) is 73.8 Å². The van der Waals surface area contributed by atoms with E-state index in [0.29, 0.717) is 12.2 Å². The Labute approximate surface area is 176 Å². The average Bonchev–Trinajstić information content (AvgIpc) is 2.67. The van der Waals surface area contributed by atoms with E-state index in [-0.39, 0.29) is 0 Å². The molecule has 0 fully saturated rings. The van der Waals surface area contributed by atoms with Crippen molar-refractivity contribution in [2.45, 2.75) is 13.5 Å². The number of ether oxygens (including phenoxy) is 1. The van der Waals surface area contributed by atoms with Gasteiger partial charge in [0.25, 0.3) is 0 Å². The summed E-state index contributed by atoms with van der Waals surface area (Å²) >= 11 is 6.94. The molecule has 0 aromatic heterocycles. The largest absolute Gasteiger partial charge is 0.488 e. The van der Waals surface area contributed by atoms with Gasteiger partial charge >= 0.3 is 0 Å². The van der Waals surface area contributed by atoms with E-state index < -0.39 is 0 Å². The van der Waals surface area contributed by atoms with E-state index >= 15 is 0 Å². The standard InChI is InChI=1S/C23H17Br2NO/c1-16-2-6-18(7-3-16)20(14-26)12-19-13-22(25)10-11-23(19)27-15-17-4-8-21(24)9-5-17/h2-13H,15H2,1H3/b20-12+. The van der Waals surface area contributed by atoms with E-state index in [1.807, 2.05) is 79.7 Å². The number of nitrogens with zero attached hydrogens (tertiary/aromatic N) is 1. The number of rotatable bonds is 5. The van der Waals surface area contributed by atoms with Gasteiger partial charge in [-0.05, 0) is 54.5 Å². The Morgan fingerprint density at radius 1 is 0.963 bits per heavy atom. The molecule has 27 heavy (non-hydrogen) atoms. The molecule has 0 aliphatic rings. The number of hydrogen-bond donors (Lipinski definition) is 0. The van der Waals surface area contributed by atoms with Crippen LogP contribution in [0.2, 0.25) is 0 Å². The quantitative estimate of drug-likeness (QED) is 0.285. The van der Waals surface area contributed by atoms with Gasteiger partial charge in [-0.3, -0.25) is 0 Å². The third-order valence-electron chi connectivity index (χ3n) is 4.06. The maximum Gasteiger partial charge on any atom is 0.127 e. The summed E-state index contributed by atoms with van der Waals surface area (Å²) in [5, 5.41) is 9.63. The van der Waals surface area contributed by atoms with E-state index in [9.17, 15) is 5.26 Å². The number of allylic oxidation sites excluding steroid dienone is 1. The van der Waals surface area contributed by atoms with E-state index in [0.717, 1.165) is 36.9 Å². The minimum absolute atomic E-state index is 0.460. The van der Waals surface area contributed by atoms with Gasteiger partial charge in [0.2, 0.25) is 0 Å². The second-order valence-electron chi connectivity index (χ2n) is 6.13. The zero-order chi connectivity index (χ0) is 19.2. The summed E-state index contributed by atoms with van der Waals surface area (Å²) in [4.78, 5) is 0. The fraction of sp³-hybridized carbons (Fsp3) is 0.0870. The molecule has 0 heterocycles. The van der Waals surface area contributed by atoms with Crippen molar-refractivity contribution in [3.8, 4) is 11.8 Å². The number of benzene rings is 3. The van der Waals surface area contributed by atoms with Gasteiger partial charge < -0.3 is 4.74 Å². The number of halogens is 2. The zero-order valence-corrected chi connectivity index (χ0v) is 17.9. The molecule has 0 bridgehead atoms. The van der Waals surface area contributed by atoms with Crippen LogP contribution in [0, 0.1) is 18.3 Å². The summed E-state index contributed by atoms with van der Waals surface area (Å²) < 4.78 is 8.00. The smallest absolute Gasteiger partial charge is 0.127 e. The van der Waals surface area contributed by atoms with Gasteiger partial charge in [0.05, 0.1) is 11.6 Å². The van der Waals surface area contributed by atoms with Crippen LogP contribution in [0.15, 0.2) is 75.7 Å². The Hall–Kier alpha value is -2.35. The molecule has 3 aromatic rings. The molecule has 0 unspecified atom stereocenters. The summed E-state index contributed by atoms with van der Waals surface area (Å²) in [6, 6.07) is 24.1. The summed E-state index contributed by atoms with van der Waals surface area (Å²) in [7, 11) is 0. The lowest BCUT2D eigenvalue weighted by atomic mass is 10.0. The Bertz CT molecular complexity index is 1000. The van der Waals surface area contributed by atoms with Crippen molar-refractivity contribution in [3.05, 3.63) is 97.9 Å². The van der Waals surface area contributed by atoms with Crippen LogP contribution < -0.4 is 4.74 Å². The van der Waals surface area contributed by atoms with Crippen molar-refractivity contribution in [2.24, 2.45) is 0 Å². The molecule has 4 heteroatoms. The number of hydrogen-bond acceptors (Lipinski definition) is 2. The highest BCUT2D eigenvalue weighted by atomic mass is 79.9. The molecular weight excluding hydrogens is 466 g/mol. The predicted octanol–water partition coefficient (Wildman–Crippen LogP) is 7.16. The lowest BCUT2D eigenvalue weighted by molar-refractivity contribution is 0.305. The maximum absolute atomic E-state index is 9.63. The normalized spacial score (nSPS) is 11.1. The monoisotopic (exact) mass is 481 g/mol. The first-order valence-corrected chi connectivity index (χ1v) is 9.99. The summed E-state index contributed by atoms with van der Waals surface area (Å²) in [6.07, 6.45) is 1.87. The number of aryl methyl sites for hydroxylation is 1. The van der Waals surface area contributed by atoms with Gasteiger partial charge in [-0.15, -0.1) is 0 Å².